The SMILES string of the molecule is CCOC(=O)c1nn(-c2ccc(Cl)cc2)c2c1CNCC2.Cl. The monoisotopic (exact) mass is 341 g/mol. The normalized spacial score (nSPS) is 13.2. The molecule has 1 aliphatic rings. The largest absolute Gasteiger partial charge is 0.461 e. The molecule has 2 heterocycles. The van der Waals surface area contributed by atoms with Crippen LogP contribution < -0.4 is 5.32 Å². The van der Waals surface area contributed by atoms with Gasteiger partial charge in [0.05, 0.1) is 18.0 Å². The molecule has 0 saturated heterocycles. The average molecular weight is 342 g/mol. The number of carbonyl (C=O) groups is 1. The van der Waals surface area contributed by atoms with Crippen LogP contribution in [0.4, 0.5) is 0 Å². The van der Waals surface area contributed by atoms with Crippen LogP contribution in [0.15, 0.2) is 24.3 Å². The Morgan fingerprint density at radius 1 is 1.41 bits per heavy atom. The molecular weight excluding hydrogens is 325 g/mol. The highest BCUT2D eigenvalue weighted by Gasteiger charge is 2.26. The van der Waals surface area contributed by atoms with Crippen LogP contribution in [0, 0.1) is 0 Å². The van der Waals surface area contributed by atoms with E-state index in [1.807, 2.05) is 28.9 Å². The number of benzene rings is 1. The number of aromatic nitrogens is 2. The summed E-state index contributed by atoms with van der Waals surface area (Å²) in [6, 6.07) is 7.42. The summed E-state index contributed by atoms with van der Waals surface area (Å²) in [6.07, 6.45) is 0.824. The molecule has 0 bridgehead atoms. The molecule has 0 aliphatic carbocycles. The molecule has 5 nitrogen and oxygen atoms in total. The number of hydrogen-bond acceptors (Lipinski definition) is 4. The van der Waals surface area contributed by atoms with E-state index >= 15 is 0 Å². The van der Waals surface area contributed by atoms with Gasteiger partial charge < -0.3 is 10.1 Å². The molecular formula is C15H17Cl2N3O2. The number of ether oxygens (including phenoxy) is 1. The highest BCUT2D eigenvalue weighted by molar-refractivity contribution is 6.30. The first-order chi connectivity index (χ1) is 10.2. The van der Waals surface area contributed by atoms with E-state index in [1.165, 1.54) is 0 Å². The summed E-state index contributed by atoms with van der Waals surface area (Å²) >= 11 is 5.93. The van der Waals surface area contributed by atoms with Gasteiger partial charge in [0.25, 0.3) is 0 Å². The zero-order chi connectivity index (χ0) is 14.8. The quantitative estimate of drug-likeness (QED) is 0.872. The lowest BCUT2D eigenvalue weighted by molar-refractivity contribution is 0.0517. The molecule has 1 aromatic heterocycles. The fourth-order valence-electron chi connectivity index (χ4n) is 2.51. The first-order valence-corrected chi connectivity index (χ1v) is 7.33. The number of hydrogen-bond donors (Lipinski definition) is 1. The van der Waals surface area contributed by atoms with Crippen molar-refractivity contribution in [3.05, 3.63) is 46.2 Å². The minimum absolute atomic E-state index is 0. The van der Waals surface area contributed by atoms with E-state index in [0.29, 0.717) is 23.9 Å². The van der Waals surface area contributed by atoms with Crippen molar-refractivity contribution in [1.82, 2.24) is 15.1 Å². The van der Waals surface area contributed by atoms with Gasteiger partial charge >= 0.3 is 5.97 Å². The molecule has 1 aromatic carbocycles. The van der Waals surface area contributed by atoms with Gasteiger partial charge in [-0.25, -0.2) is 9.48 Å². The summed E-state index contributed by atoms with van der Waals surface area (Å²) in [5.74, 6) is -0.370. The van der Waals surface area contributed by atoms with Gasteiger partial charge in [0.15, 0.2) is 5.69 Å². The molecule has 0 unspecified atom stereocenters. The number of fused-ring (bicyclic) bond motifs is 1. The third-order valence-corrected chi connectivity index (χ3v) is 3.72. The Balaban J connectivity index is 0.00000176. The summed E-state index contributed by atoms with van der Waals surface area (Å²) < 4.78 is 6.92. The maximum absolute atomic E-state index is 12.1. The Hall–Kier alpha value is -1.56. The van der Waals surface area contributed by atoms with E-state index in [1.54, 1.807) is 6.92 Å². The molecule has 0 spiro atoms. The summed E-state index contributed by atoms with van der Waals surface area (Å²) in [6.45, 7) is 3.64. The topological polar surface area (TPSA) is 56.1 Å². The van der Waals surface area contributed by atoms with Gasteiger partial charge in [-0.2, -0.15) is 5.10 Å². The molecule has 0 saturated carbocycles. The van der Waals surface area contributed by atoms with Gasteiger partial charge in [0, 0.05) is 30.1 Å². The van der Waals surface area contributed by atoms with Crippen molar-refractivity contribution in [2.24, 2.45) is 0 Å². The molecule has 0 radical (unpaired) electrons. The standard InChI is InChI=1S/C15H16ClN3O2.ClH/c1-2-21-15(20)14-12-9-17-8-7-13(12)19(18-14)11-5-3-10(16)4-6-11;/h3-6,17H,2,7-9H2,1H3;1H. The summed E-state index contributed by atoms with van der Waals surface area (Å²) in [5.41, 5.74) is 3.27. The lowest BCUT2D eigenvalue weighted by Crippen LogP contribution is -2.25. The van der Waals surface area contributed by atoms with Gasteiger partial charge in [0.2, 0.25) is 0 Å². The highest BCUT2D eigenvalue weighted by atomic mass is 35.5. The Kier molecular flexibility index (Phi) is 5.45. The van der Waals surface area contributed by atoms with Crippen molar-refractivity contribution in [3.8, 4) is 5.69 Å². The molecule has 3 rings (SSSR count). The van der Waals surface area contributed by atoms with E-state index in [4.69, 9.17) is 16.3 Å². The maximum atomic E-state index is 12.1. The number of esters is 1. The summed E-state index contributed by atoms with van der Waals surface area (Å²) in [4.78, 5) is 12.1. The number of carbonyl (C=O) groups excluding carboxylic acids is 1. The first kappa shape index (κ1) is 16.8. The van der Waals surface area contributed by atoms with Crippen molar-refractivity contribution in [2.75, 3.05) is 13.2 Å². The number of nitrogens with zero attached hydrogens (tertiary/aromatic N) is 2. The van der Waals surface area contributed by atoms with Gasteiger partial charge in [-0.15, -0.1) is 12.4 Å². The number of rotatable bonds is 3. The molecule has 0 amide bonds. The maximum Gasteiger partial charge on any atom is 0.359 e. The van der Waals surface area contributed by atoms with E-state index in [-0.39, 0.29) is 18.4 Å². The molecule has 118 valence electrons. The van der Waals surface area contributed by atoms with Crippen LogP contribution in [0.2, 0.25) is 5.02 Å². The lowest BCUT2D eigenvalue weighted by Gasteiger charge is -2.15. The van der Waals surface area contributed by atoms with Crippen LogP contribution in [0.3, 0.4) is 0 Å². The molecule has 2 aromatic rings. The summed E-state index contributed by atoms with van der Waals surface area (Å²) in [5, 5.41) is 8.41. The first-order valence-electron chi connectivity index (χ1n) is 6.95. The van der Waals surface area contributed by atoms with E-state index < -0.39 is 0 Å². The Morgan fingerprint density at radius 2 is 2.14 bits per heavy atom. The van der Waals surface area contributed by atoms with Gasteiger partial charge in [0.1, 0.15) is 0 Å². The fraction of sp³-hybridized carbons (Fsp3) is 0.333. The molecule has 0 atom stereocenters. The van der Waals surface area contributed by atoms with Crippen molar-refractivity contribution < 1.29 is 9.53 Å². The zero-order valence-corrected chi connectivity index (χ0v) is 13.7. The van der Waals surface area contributed by atoms with Gasteiger partial charge in [-0.3, -0.25) is 0 Å². The second kappa shape index (κ2) is 7.13. The van der Waals surface area contributed by atoms with Gasteiger partial charge in [-0.1, -0.05) is 11.6 Å². The molecule has 22 heavy (non-hydrogen) atoms. The fourth-order valence-corrected chi connectivity index (χ4v) is 2.63. The minimum atomic E-state index is -0.370. The van der Waals surface area contributed by atoms with Crippen LogP contribution in [0.5, 0.6) is 0 Å². The van der Waals surface area contributed by atoms with Crippen molar-refractivity contribution in [3.63, 3.8) is 0 Å². The van der Waals surface area contributed by atoms with Crippen LogP contribution in [-0.2, 0) is 17.7 Å². The third-order valence-electron chi connectivity index (χ3n) is 3.47. The van der Waals surface area contributed by atoms with Crippen molar-refractivity contribution >= 4 is 30.0 Å². The number of halogens is 2. The Labute approximate surface area is 140 Å². The molecule has 1 aliphatic heterocycles. The molecule has 1 N–H and O–H groups in total. The van der Waals surface area contributed by atoms with Crippen LogP contribution in [-0.4, -0.2) is 28.9 Å². The molecule has 7 heteroatoms. The van der Waals surface area contributed by atoms with E-state index in [9.17, 15) is 4.79 Å². The van der Waals surface area contributed by atoms with Crippen molar-refractivity contribution in [1.29, 1.82) is 0 Å². The minimum Gasteiger partial charge on any atom is -0.461 e. The second-order valence-electron chi connectivity index (χ2n) is 4.81. The third kappa shape index (κ3) is 3.11. The van der Waals surface area contributed by atoms with Crippen molar-refractivity contribution in [2.45, 2.75) is 19.9 Å². The Bertz CT molecular complexity index is 668. The van der Waals surface area contributed by atoms with Crippen LogP contribution >= 0.6 is 24.0 Å². The second-order valence-corrected chi connectivity index (χ2v) is 5.25. The number of nitrogens with one attached hydrogen (secondary N) is 1. The lowest BCUT2D eigenvalue weighted by atomic mass is 10.1. The van der Waals surface area contributed by atoms with Crippen LogP contribution in [0.1, 0.15) is 28.7 Å². The highest BCUT2D eigenvalue weighted by Crippen LogP contribution is 2.23. The summed E-state index contributed by atoms with van der Waals surface area (Å²) in [7, 11) is 0. The predicted molar refractivity (Wildman–Crippen MR) is 87.2 cm³/mol. The smallest absolute Gasteiger partial charge is 0.359 e. The Morgan fingerprint density at radius 3 is 2.82 bits per heavy atom. The van der Waals surface area contributed by atoms with Crippen LogP contribution in [0.25, 0.3) is 5.69 Å². The average Bonchev–Trinajstić information content (AvgIpc) is 2.88. The molecule has 0 fully saturated rings. The zero-order valence-electron chi connectivity index (χ0n) is 12.1. The van der Waals surface area contributed by atoms with E-state index in [0.717, 1.165) is 29.9 Å². The van der Waals surface area contributed by atoms with E-state index in [2.05, 4.69) is 10.4 Å². The predicted octanol–water partition coefficient (Wildman–Crippen LogP) is 2.77. The van der Waals surface area contributed by atoms with Gasteiger partial charge in [-0.05, 0) is 31.2 Å².